The Morgan fingerprint density at radius 2 is 1.58 bits per heavy atom. The molecule has 0 unspecified atom stereocenters. The van der Waals surface area contributed by atoms with Crippen LogP contribution in [0.1, 0.15) is 25.0 Å². The van der Waals surface area contributed by atoms with Crippen LogP contribution in [0.25, 0.3) is 10.9 Å². The average molecular weight is 514 g/mol. The minimum atomic E-state index is -0.230. The molecule has 0 aliphatic carbocycles. The first kappa shape index (κ1) is 26.8. The van der Waals surface area contributed by atoms with Crippen LogP contribution in [0, 0.1) is 0 Å². The number of carbonyl (C=O) groups excluding carboxylic acids is 2. The number of ether oxygens (including phenoxy) is 2. The van der Waals surface area contributed by atoms with Gasteiger partial charge in [0.15, 0.2) is 6.61 Å². The smallest absolute Gasteiger partial charge is 0.261 e. The fraction of sp³-hybridized carbons (Fsp3) is 0.290. The molecule has 7 nitrogen and oxygen atoms in total. The second-order valence-corrected chi connectivity index (χ2v) is 9.45. The number of aromatic nitrogens is 1. The fourth-order valence-corrected chi connectivity index (χ4v) is 4.47. The molecule has 0 aliphatic rings. The number of para-hydroxylation sites is 3. The van der Waals surface area contributed by atoms with Gasteiger partial charge in [-0.2, -0.15) is 0 Å². The van der Waals surface area contributed by atoms with Crippen molar-refractivity contribution in [1.82, 2.24) is 14.8 Å². The van der Waals surface area contributed by atoms with E-state index in [9.17, 15) is 9.59 Å². The number of fused-ring (bicyclic) bond motifs is 1. The van der Waals surface area contributed by atoms with Crippen LogP contribution in [0.3, 0.4) is 0 Å². The molecule has 38 heavy (non-hydrogen) atoms. The van der Waals surface area contributed by atoms with Gasteiger partial charge in [-0.1, -0.05) is 54.6 Å². The van der Waals surface area contributed by atoms with E-state index in [-0.39, 0.29) is 31.0 Å². The molecule has 0 bridgehead atoms. The predicted octanol–water partition coefficient (Wildman–Crippen LogP) is 5.06. The molecule has 7 heteroatoms. The van der Waals surface area contributed by atoms with E-state index in [0.29, 0.717) is 25.3 Å². The van der Waals surface area contributed by atoms with Gasteiger partial charge in [-0.15, -0.1) is 0 Å². The third-order valence-corrected chi connectivity index (χ3v) is 6.59. The number of amides is 2. The van der Waals surface area contributed by atoms with E-state index in [1.165, 1.54) is 0 Å². The number of aromatic amines is 1. The predicted molar refractivity (Wildman–Crippen MR) is 149 cm³/mol. The SMILES string of the molecule is COc1ccccc1CN(CCc1c[nH]c2ccccc12)C(=O)CN(C(=O)COc1ccccc1)C(C)C. The maximum atomic E-state index is 13.7. The molecular weight excluding hydrogens is 478 g/mol. The molecule has 4 aromatic rings. The van der Waals surface area contributed by atoms with Crippen LogP contribution in [0.5, 0.6) is 11.5 Å². The number of nitrogens with one attached hydrogen (secondary N) is 1. The molecule has 1 heterocycles. The summed E-state index contributed by atoms with van der Waals surface area (Å²) in [6.07, 6.45) is 2.68. The molecule has 0 spiro atoms. The molecule has 0 radical (unpaired) electrons. The van der Waals surface area contributed by atoms with Crippen molar-refractivity contribution < 1.29 is 19.1 Å². The summed E-state index contributed by atoms with van der Waals surface area (Å²) in [7, 11) is 1.63. The number of H-pyrrole nitrogens is 1. The lowest BCUT2D eigenvalue weighted by Gasteiger charge is -2.30. The van der Waals surface area contributed by atoms with Gasteiger partial charge in [-0.25, -0.2) is 0 Å². The third-order valence-electron chi connectivity index (χ3n) is 6.59. The van der Waals surface area contributed by atoms with E-state index in [4.69, 9.17) is 9.47 Å². The highest BCUT2D eigenvalue weighted by atomic mass is 16.5. The highest BCUT2D eigenvalue weighted by molar-refractivity contribution is 5.86. The van der Waals surface area contributed by atoms with Gasteiger partial charge in [0.2, 0.25) is 5.91 Å². The van der Waals surface area contributed by atoms with Crippen LogP contribution in [-0.4, -0.2) is 59.4 Å². The Morgan fingerprint density at radius 1 is 0.868 bits per heavy atom. The Labute approximate surface area is 224 Å². The van der Waals surface area contributed by atoms with Crippen LogP contribution in [0.15, 0.2) is 85.1 Å². The number of hydrogen-bond donors (Lipinski definition) is 1. The molecule has 4 rings (SSSR count). The Bertz CT molecular complexity index is 1350. The van der Waals surface area contributed by atoms with Crippen molar-refractivity contribution in [3.05, 3.63) is 96.2 Å². The molecule has 2 amide bonds. The fourth-order valence-electron chi connectivity index (χ4n) is 4.47. The molecule has 1 N–H and O–H groups in total. The summed E-state index contributed by atoms with van der Waals surface area (Å²) in [5, 5.41) is 1.15. The van der Waals surface area contributed by atoms with Crippen molar-refractivity contribution in [3.8, 4) is 11.5 Å². The van der Waals surface area contributed by atoms with Gasteiger partial charge in [-0.3, -0.25) is 9.59 Å². The van der Waals surface area contributed by atoms with Gasteiger partial charge in [0.05, 0.1) is 7.11 Å². The van der Waals surface area contributed by atoms with E-state index in [1.54, 1.807) is 29.0 Å². The first-order valence-corrected chi connectivity index (χ1v) is 12.9. The van der Waals surface area contributed by atoms with Crippen LogP contribution >= 0.6 is 0 Å². The Kier molecular flexibility index (Phi) is 9.03. The normalized spacial score (nSPS) is 10.9. The van der Waals surface area contributed by atoms with Crippen molar-refractivity contribution >= 4 is 22.7 Å². The van der Waals surface area contributed by atoms with Crippen molar-refractivity contribution in [2.45, 2.75) is 32.9 Å². The number of hydrogen-bond acceptors (Lipinski definition) is 4. The average Bonchev–Trinajstić information content (AvgIpc) is 3.36. The zero-order valence-corrected chi connectivity index (χ0v) is 22.2. The van der Waals surface area contributed by atoms with E-state index < -0.39 is 0 Å². The van der Waals surface area contributed by atoms with Crippen molar-refractivity contribution in [1.29, 1.82) is 0 Å². The highest BCUT2D eigenvalue weighted by Crippen LogP contribution is 2.22. The summed E-state index contributed by atoms with van der Waals surface area (Å²) in [6.45, 7) is 4.54. The number of nitrogens with zero attached hydrogens (tertiary/aromatic N) is 2. The summed E-state index contributed by atoms with van der Waals surface area (Å²) in [6, 6.07) is 24.9. The van der Waals surface area contributed by atoms with E-state index in [0.717, 1.165) is 27.8 Å². The van der Waals surface area contributed by atoms with Crippen molar-refractivity contribution in [2.24, 2.45) is 0 Å². The van der Waals surface area contributed by atoms with E-state index >= 15 is 0 Å². The molecule has 0 fully saturated rings. The number of carbonyl (C=O) groups is 2. The first-order chi connectivity index (χ1) is 18.5. The second kappa shape index (κ2) is 12.8. The molecule has 3 aromatic carbocycles. The highest BCUT2D eigenvalue weighted by Gasteiger charge is 2.25. The zero-order valence-electron chi connectivity index (χ0n) is 22.2. The molecular formula is C31H35N3O4. The summed E-state index contributed by atoms with van der Waals surface area (Å²) in [5.41, 5.74) is 3.13. The first-order valence-electron chi connectivity index (χ1n) is 12.9. The molecule has 1 aromatic heterocycles. The van der Waals surface area contributed by atoms with Crippen LogP contribution < -0.4 is 9.47 Å². The lowest BCUT2D eigenvalue weighted by atomic mass is 10.1. The summed E-state index contributed by atoms with van der Waals surface area (Å²) < 4.78 is 11.2. The minimum absolute atomic E-state index is 0.0301. The summed E-state index contributed by atoms with van der Waals surface area (Å²) in [4.78, 5) is 33.5. The van der Waals surface area contributed by atoms with Gasteiger partial charge in [-0.05, 0) is 50.1 Å². The summed E-state index contributed by atoms with van der Waals surface area (Å²) in [5.74, 6) is 0.987. The van der Waals surface area contributed by atoms with E-state index in [1.807, 2.05) is 80.7 Å². The van der Waals surface area contributed by atoms with Gasteiger partial charge in [0.1, 0.15) is 18.0 Å². The van der Waals surface area contributed by atoms with Crippen molar-refractivity contribution in [2.75, 3.05) is 26.8 Å². The zero-order chi connectivity index (χ0) is 26.9. The minimum Gasteiger partial charge on any atom is -0.496 e. The van der Waals surface area contributed by atoms with Crippen LogP contribution in [-0.2, 0) is 22.6 Å². The lowest BCUT2D eigenvalue weighted by Crippen LogP contribution is -2.47. The Balaban J connectivity index is 1.50. The monoisotopic (exact) mass is 513 g/mol. The summed E-state index contributed by atoms with van der Waals surface area (Å²) >= 11 is 0. The van der Waals surface area contributed by atoms with Gasteiger partial charge >= 0.3 is 0 Å². The van der Waals surface area contributed by atoms with Crippen molar-refractivity contribution in [3.63, 3.8) is 0 Å². The molecule has 0 saturated carbocycles. The lowest BCUT2D eigenvalue weighted by molar-refractivity contribution is -0.143. The molecule has 0 aliphatic heterocycles. The van der Waals surface area contributed by atoms with Gasteiger partial charge < -0.3 is 24.3 Å². The largest absolute Gasteiger partial charge is 0.496 e. The van der Waals surface area contributed by atoms with Gasteiger partial charge in [0, 0.05) is 41.8 Å². The quantitative estimate of drug-likeness (QED) is 0.287. The Hall–Kier alpha value is -4.26. The molecule has 198 valence electrons. The number of benzene rings is 3. The van der Waals surface area contributed by atoms with Gasteiger partial charge in [0.25, 0.3) is 5.91 Å². The number of methoxy groups -OCH3 is 1. The number of rotatable bonds is 12. The van der Waals surface area contributed by atoms with Crippen LogP contribution in [0.2, 0.25) is 0 Å². The van der Waals surface area contributed by atoms with E-state index in [2.05, 4.69) is 11.1 Å². The molecule has 0 atom stereocenters. The maximum absolute atomic E-state index is 13.7. The Morgan fingerprint density at radius 3 is 2.34 bits per heavy atom. The molecule has 0 saturated heterocycles. The maximum Gasteiger partial charge on any atom is 0.261 e. The second-order valence-electron chi connectivity index (χ2n) is 9.45. The topological polar surface area (TPSA) is 74.9 Å². The standard InChI is InChI=1S/C31H35N3O4/c1-23(2)34(31(36)22-38-26-12-5-4-6-13-26)21-30(35)33(20-25-11-7-10-16-29(25)37-3)18-17-24-19-32-28-15-9-8-14-27(24)28/h4-16,19,23,32H,17-18,20-22H2,1-3H3. The third kappa shape index (κ3) is 6.73. The van der Waals surface area contributed by atoms with Crippen LogP contribution in [0.4, 0.5) is 0 Å².